The number of aryl methyl sites for hydroxylation is 1. The third kappa shape index (κ3) is 6.08. The Bertz CT molecular complexity index is 1490. The minimum absolute atomic E-state index is 0.228. The Morgan fingerprint density at radius 2 is 1.62 bits per heavy atom. The maximum Gasteiger partial charge on any atom is 0.258 e. The number of likely N-dealkylation sites (N-methyl/N-ethyl adjacent to an activating group) is 1. The van der Waals surface area contributed by atoms with E-state index in [4.69, 9.17) is 37.4 Å². The highest BCUT2D eigenvalue weighted by Crippen LogP contribution is 2.45. The molecule has 4 rings (SSSR count). The number of hydrogen-bond acceptors (Lipinski definition) is 7. The Morgan fingerprint density at radius 1 is 0.974 bits per heavy atom. The molecule has 2 aromatic carbocycles. The zero-order chi connectivity index (χ0) is 28.1. The van der Waals surface area contributed by atoms with Crippen molar-refractivity contribution in [1.29, 1.82) is 0 Å². The Kier molecular flexibility index (Phi) is 9.22. The minimum Gasteiger partial charge on any atom is -0.495 e. The van der Waals surface area contributed by atoms with Crippen LogP contribution in [0.3, 0.4) is 0 Å². The third-order valence-corrected chi connectivity index (χ3v) is 7.40. The van der Waals surface area contributed by atoms with Gasteiger partial charge in [-0.25, -0.2) is 4.98 Å². The average Bonchev–Trinajstić information content (AvgIpc) is 2.95. The molecule has 2 aromatic heterocycles. The molecule has 1 N–H and O–H groups in total. The van der Waals surface area contributed by atoms with Gasteiger partial charge in [0.15, 0.2) is 0 Å². The normalized spacial score (nSPS) is 11.2. The molecule has 0 saturated heterocycles. The van der Waals surface area contributed by atoms with E-state index in [-0.39, 0.29) is 15.6 Å². The lowest BCUT2D eigenvalue weighted by atomic mass is 10.0. The van der Waals surface area contributed by atoms with Gasteiger partial charge in [-0.15, -0.1) is 0 Å². The van der Waals surface area contributed by atoms with Crippen molar-refractivity contribution < 1.29 is 14.2 Å². The summed E-state index contributed by atoms with van der Waals surface area (Å²) < 4.78 is 18.2. The molecule has 0 saturated carbocycles. The molecule has 10 heteroatoms. The van der Waals surface area contributed by atoms with E-state index in [0.29, 0.717) is 40.6 Å². The second-order valence-corrected chi connectivity index (χ2v) is 9.62. The van der Waals surface area contributed by atoms with Crippen LogP contribution >= 0.6 is 23.2 Å². The molecule has 8 nitrogen and oxygen atoms in total. The van der Waals surface area contributed by atoms with E-state index in [9.17, 15) is 4.79 Å². The Hall–Kier alpha value is -3.46. The topological polar surface area (TPSA) is 77.9 Å². The van der Waals surface area contributed by atoms with Crippen molar-refractivity contribution in [3.63, 3.8) is 0 Å². The number of methoxy groups -OCH3 is 2. The molecule has 0 unspecified atom stereocenters. The zero-order valence-electron chi connectivity index (χ0n) is 22.7. The molecular formula is C29H32Cl2N4O4. The predicted octanol–water partition coefficient (Wildman–Crippen LogP) is 6.39. The molecule has 0 bridgehead atoms. The molecule has 0 radical (unpaired) electrons. The molecule has 206 valence electrons. The summed E-state index contributed by atoms with van der Waals surface area (Å²) >= 11 is 13.2. The van der Waals surface area contributed by atoms with Gasteiger partial charge in [0.05, 0.1) is 35.3 Å². The molecule has 39 heavy (non-hydrogen) atoms. The highest BCUT2D eigenvalue weighted by atomic mass is 35.5. The van der Waals surface area contributed by atoms with Crippen LogP contribution in [0, 0.1) is 0 Å². The van der Waals surface area contributed by atoms with Crippen LogP contribution in [0.15, 0.2) is 53.5 Å². The Morgan fingerprint density at radius 3 is 2.21 bits per heavy atom. The Balaban J connectivity index is 1.60. The van der Waals surface area contributed by atoms with Crippen LogP contribution in [0.5, 0.6) is 17.2 Å². The van der Waals surface area contributed by atoms with Crippen LogP contribution in [-0.2, 0) is 7.05 Å². The number of hydrogen-bond donors (Lipinski definition) is 1. The molecule has 0 aliphatic heterocycles. The van der Waals surface area contributed by atoms with Gasteiger partial charge < -0.3 is 29.0 Å². The molecule has 0 aliphatic rings. The van der Waals surface area contributed by atoms with Gasteiger partial charge in [0, 0.05) is 48.6 Å². The number of fused-ring (bicyclic) bond motifs is 1. The number of benzene rings is 2. The maximum absolute atomic E-state index is 13.5. The van der Waals surface area contributed by atoms with E-state index < -0.39 is 0 Å². The van der Waals surface area contributed by atoms with Crippen LogP contribution in [-0.4, -0.2) is 54.9 Å². The van der Waals surface area contributed by atoms with Crippen LogP contribution in [0.25, 0.3) is 22.0 Å². The summed E-state index contributed by atoms with van der Waals surface area (Å²) in [6.07, 6.45) is 1.70. The van der Waals surface area contributed by atoms with Crippen molar-refractivity contribution in [3.8, 4) is 28.4 Å². The highest BCUT2D eigenvalue weighted by molar-refractivity contribution is 6.41. The fraction of sp³-hybridized carbons (Fsp3) is 0.310. The number of aromatic nitrogens is 2. The highest BCUT2D eigenvalue weighted by Gasteiger charge is 2.22. The van der Waals surface area contributed by atoms with E-state index in [1.165, 1.54) is 14.2 Å². The Labute approximate surface area is 238 Å². The number of halogens is 2. The fourth-order valence-corrected chi connectivity index (χ4v) is 5.05. The molecule has 0 amide bonds. The van der Waals surface area contributed by atoms with Gasteiger partial charge >= 0.3 is 0 Å². The number of rotatable bonds is 11. The van der Waals surface area contributed by atoms with Crippen molar-refractivity contribution in [2.24, 2.45) is 7.05 Å². The van der Waals surface area contributed by atoms with Gasteiger partial charge in [-0.2, -0.15) is 0 Å². The standard InChI is InChI=1S/C29H32Cl2N4O4/c1-6-35(7-2)12-13-39-20-10-8-19(9-11-20)33-25-15-22-18(17-32-25)14-21(29(36)34(22)3)26-27(30)23(37-4)16-24(38-5)28(26)31/h8-11,14-17H,6-7,12-13H2,1-5H3,(H,32,33). The lowest BCUT2D eigenvalue weighted by molar-refractivity contribution is 0.223. The monoisotopic (exact) mass is 570 g/mol. The summed E-state index contributed by atoms with van der Waals surface area (Å²) in [7, 11) is 4.67. The quantitative estimate of drug-likeness (QED) is 0.224. The van der Waals surface area contributed by atoms with Gasteiger partial charge in [0.25, 0.3) is 5.56 Å². The van der Waals surface area contributed by atoms with Crippen LogP contribution < -0.4 is 25.1 Å². The first-order valence-electron chi connectivity index (χ1n) is 12.6. The molecular weight excluding hydrogens is 539 g/mol. The SMILES string of the molecule is CCN(CC)CCOc1ccc(Nc2cc3c(cn2)cc(-c2c(Cl)c(OC)cc(OC)c2Cl)c(=O)n3C)cc1. The van der Waals surface area contributed by atoms with E-state index in [2.05, 4.69) is 29.0 Å². The van der Waals surface area contributed by atoms with Crippen molar-refractivity contribution in [1.82, 2.24) is 14.5 Å². The summed E-state index contributed by atoms with van der Waals surface area (Å²) in [6.45, 7) is 7.82. The number of pyridine rings is 2. The second kappa shape index (κ2) is 12.6. The number of nitrogens with zero attached hydrogens (tertiary/aromatic N) is 3. The zero-order valence-corrected chi connectivity index (χ0v) is 24.2. The van der Waals surface area contributed by atoms with Crippen molar-refractivity contribution in [2.45, 2.75) is 13.8 Å². The van der Waals surface area contributed by atoms with Gasteiger partial charge in [-0.05, 0) is 43.4 Å². The molecule has 4 aromatic rings. The number of nitrogens with one attached hydrogen (secondary N) is 1. The molecule has 0 atom stereocenters. The van der Waals surface area contributed by atoms with E-state index in [1.54, 1.807) is 29.9 Å². The van der Waals surface area contributed by atoms with Gasteiger partial charge in [-0.1, -0.05) is 37.0 Å². The molecule has 2 heterocycles. The second-order valence-electron chi connectivity index (χ2n) is 8.86. The van der Waals surface area contributed by atoms with Gasteiger partial charge in [0.1, 0.15) is 29.7 Å². The molecule has 0 fully saturated rings. The first-order chi connectivity index (χ1) is 18.8. The van der Waals surface area contributed by atoms with E-state index >= 15 is 0 Å². The first kappa shape index (κ1) is 28.5. The lowest BCUT2D eigenvalue weighted by Crippen LogP contribution is -2.27. The minimum atomic E-state index is -0.273. The molecule has 0 spiro atoms. The third-order valence-electron chi connectivity index (χ3n) is 6.65. The van der Waals surface area contributed by atoms with E-state index in [1.807, 2.05) is 30.3 Å². The summed E-state index contributed by atoms with van der Waals surface area (Å²) in [4.78, 5) is 20.3. The van der Waals surface area contributed by atoms with Crippen molar-refractivity contribution in [3.05, 3.63) is 69.1 Å². The van der Waals surface area contributed by atoms with Crippen LogP contribution in [0.2, 0.25) is 10.0 Å². The number of ether oxygens (including phenoxy) is 3. The van der Waals surface area contributed by atoms with Crippen molar-refractivity contribution in [2.75, 3.05) is 45.8 Å². The van der Waals surface area contributed by atoms with Crippen LogP contribution in [0.4, 0.5) is 11.5 Å². The summed E-state index contributed by atoms with van der Waals surface area (Å²) in [5.41, 5.74) is 1.93. The maximum atomic E-state index is 13.5. The van der Waals surface area contributed by atoms with Gasteiger partial charge in [0.2, 0.25) is 0 Å². The summed E-state index contributed by atoms with van der Waals surface area (Å²) in [6, 6.07) is 12.8. The summed E-state index contributed by atoms with van der Waals surface area (Å²) in [5, 5.41) is 4.49. The van der Waals surface area contributed by atoms with Crippen LogP contribution in [0.1, 0.15) is 13.8 Å². The number of anilines is 2. The molecule has 0 aliphatic carbocycles. The first-order valence-corrected chi connectivity index (χ1v) is 13.4. The van der Waals surface area contributed by atoms with E-state index in [0.717, 1.165) is 36.5 Å². The predicted molar refractivity (Wildman–Crippen MR) is 159 cm³/mol. The smallest absolute Gasteiger partial charge is 0.258 e. The fourth-order valence-electron chi connectivity index (χ4n) is 4.35. The van der Waals surface area contributed by atoms with Gasteiger partial charge in [-0.3, -0.25) is 4.79 Å². The average molecular weight is 572 g/mol. The lowest BCUT2D eigenvalue weighted by Gasteiger charge is -2.18. The van der Waals surface area contributed by atoms with Crippen molar-refractivity contribution >= 4 is 45.6 Å². The largest absolute Gasteiger partial charge is 0.495 e. The summed E-state index contributed by atoms with van der Waals surface area (Å²) in [5.74, 6) is 2.11.